The second-order valence-electron chi connectivity index (χ2n) is 8.43. The number of fused-ring (bicyclic) bond motifs is 2. The Balaban J connectivity index is 1.43. The molecule has 0 radical (unpaired) electrons. The average Bonchev–Trinajstić information content (AvgIpc) is 3.16. The minimum absolute atomic E-state index is 0.160. The molecule has 170 valence electrons. The Bertz CT molecular complexity index is 1120. The summed E-state index contributed by atoms with van der Waals surface area (Å²) in [7, 11) is 0. The normalized spacial score (nSPS) is 18.6. The summed E-state index contributed by atoms with van der Waals surface area (Å²) < 4.78 is 12.5. The number of hydrogen-bond acceptors (Lipinski definition) is 6. The number of rotatable bonds is 6. The Morgan fingerprint density at radius 1 is 1.12 bits per heavy atom. The highest BCUT2D eigenvalue weighted by atomic mass is 16.5. The average molecular weight is 445 g/mol. The zero-order valence-corrected chi connectivity index (χ0v) is 18.4. The van der Waals surface area contributed by atoms with Gasteiger partial charge in [0.15, 0.2) is 6.10 Å². The number of carbonyl (C=O) groups is 1. The van der Waals surface area contributed by atoms with Gasteiger partial charge >= 0.3 is 0 Å². The van der Waals surface area contributed by atoms with E-state index in [2.05, 4.69) is 16.4 Å². The number of nitrogen functional groups attached to an aromatic ring is 1. The molecule has 7 heteroatoms. The van der Waals surface area contributed by atoms with Gasteiger partial charge in [0.1, 0.15) is 18.2 Å². The molecule has 33 heavy (non-hydrogen) atoms. The van der Waals surface area contributed by atoms with Crippen molar-refractivity contribution in [1.29, 1.82) is 0 Å². The van der Waals surface area contributed by atoms with E-state index in [0.717, 1.165) is 42.8 Å². The molecule has 5 rings (SSSR count). The highest BCUT2D eigenvalue weighted by Crippen LogP contribution is 2.49. The molecule has 1 saturated heterocycles. The summed E-state index contributed by atoms with van der Waals surface area (Å²) in [5.41, 5.74) is 8.17. The topological polar surface area (TPSA) is 89.7 Å². The first-order valence-electron chi connectivity index (χ1n) is 11.3. The standard InChI is InChI=1S/C26H28N4O3/c27-19-10-13-29-23(18-19)30(16-17-32-20-6-2-1-3-7-20)25(31)24-21-8-4-5-9-22(21)26(33-24)11-14-28-15-12-26/h1-10,13,18,24,28H,11-12,14-17H2,(H2,27,29). The van der Waals surface area contributed by atoms with Gasteiger partial charge in [-0.15, -0.1) is 0 Å². The summed E-state index contributed by atoms with van der Waals surface area (Å²) in [6.07, 6.45) is 2.59. The molecular formula is C26H28N4O3. The van der Waals surface area contributed by atoms with Gasteiger partial charge in [-0.25, -0.2) is 4.98 Å². The van der Waals surface area contributed by atoms with Crippen LogP contribution in [0.4, 0.5) is 11.5 Å². The lowest BCUT2D eigenvalue weighted by atomic mass is 9.84. The Morgan fingerprint density at radius 2 is 1.88 bits per heavy atom. The van der Waals surface area contributed by atoms with Gasteiger partial charge in [0, 0.05) is 18.0 Å². The van der Waals surface area contributed by atoms with Crippen LogP contribution in [0.1, 0.15) is 30.1 Å². The van der Waals surface area contributed by atoms with Crippen LogP contribution in [0.25, 0.3) is 0 Å². The third-order valence-corrected chi connectivity index (χ3v) is 6.35. The van der Waals surface area contributed by atoms with E-state index in [9.17, 15) is 4.79 Å². The van der Waals surface area contributed by atoms with Crippen molar-refractivity contribution in [2.45, 2.75) is 24.5 Å². The smallest absolute Gasteiger partial charge is 0.262 e. The first kappa shape index (κ1) is 21.4. The SMILES string of the molecule is Nc1ccnc(N(CCOc2ccccc2)C(=O)C2OC3(CCNCC3)c3ccccc32)c1. The molecular weight excluding hydrogens is 416 g/mol. The van der Waals surface area contributed by atoms with Gasteiger partial charge in [-0.1, -0.05) is 42.5 Å². The molecule has 1 aromatic heterocycles. The summed E-state index contributed by atoms with van der Waals surface area (Å²) in [5, 5.41) is 3.39. The Kier molecular flexibility index (Phi) is 5.98. The van der Waals surface area contributed by atoms with Crippen molar-refractivity contribution >= 4 is 17.4 Å². The third-order valence-electron chi connectivity index (χ3n) is 6.35. The van der Waals surface area contributed by atoms with Gasteiger partial charge < -0.3 is 20.5 Å². The lowest BCUT2D eigenvalue weighted by molar-refractivity contribution is -0.145. The highest BCUT2D eigenvalue weighted by molar-refractivity contribution is 5.97. The van der Waals surface area contributed by atoms with E-state index in [0.29, 0.717) is 24.7 Å². The Labute approximate surface area is 193 Å². The molecule has 0 saturated carbocycles. The molecule has 0 aliphatic carbocycles. The number of amides is 1. The van der Waals surface area contributed by atoms with Crippen LogP contribution in [-0.4, -0.2) is 37.1 Å². The predicted octanol–water partition coefficient (Wildman–Crippen LogP) is 3.43. The van der Waals surface area contributed by atoms with Crippen LogP contribution in [0.5, 0.6) is 5.75 Å². The maximum atomic E-state index is 13.9. The number of anilines is 2. The summed E-state index contributed by atoms with van der Waals surface area (Å²) in [4.78, 5) is 20.0. The fourth-order valence-corrected chi connectivity index (χ4v) is 4.73. The molecule has 2 aromatic carbocycles. The summed E-state index contributed by atoms with van der Waals surface area (Å²) in [5.74, 6) is 1.08. The van der Waals surface area contributed by atoms with Crippen LogP contribution in [0.3, 0.4) is 0 Å². The van der Waals surface area contributed by atoms with Crippen molar-refractivity contribution in [2.75, 3.05) is 36.9 Å². The fraction of sp³-hybridized carbons (Fsp3) is 0.308. The third kappa shape index (κ3) is 4.29. The molecule has 3 heterocycles. The van der Waals surface area contributed by atoms with Gasteiger partial charge in [0.2, 0.25) is 0 Å². The summed E-state index contributed by atoms with van der Waals surface area (Å²) in [6.45, 7) is 2.36. The van der Waals surface area contributed by atoms with E-state index in [1.165, 1.54) is 0 Å². The second-order valence-corrected chi connectivity index (χ2v) is 8.43. The molecule has 1 unspecified atom stereocenters. The van der Waals surface area contributed by atoms with Crippen LogP contribution in [0.2, 0.25) is 0 Å². The quantitative estimate of drug-likeness (QED) is 0.606. The Morgan fingerprint density at radius 3 is 2.67 bits per heavy atom. The minimum Gasteiger partial charge on any atom is -0.492 e. The molecule has 3 aromatic rings. The summed E-state index contributed by atoms with van der Waals surface area (Å²) in [6, 6.07) is 21.0. The number of hydrogen-bond donors (Lipinski definition) is 2. The maximum Gasteiger partial charge on any atom is 0.262 e. The minimum atomic E-state index is -0.695. The molecule has 1 spiro atoms. The van der Waals surface area contributed by atoms with Gasteiger partial charge in [0.05, 0.1) is 12.1 Å². The van der Waals surface area contributed by atoms with Crippen LogP contribution in [0, 0.1) is 0 Å². The number of benzene rings is 2. The van der Waals surface area contributed by atoms with Crippen molar-refractivity contribution in [2.24, 2.45) is 0 Å². The number of piperidine rings is 1. The maximum absolute atomic E-state index is 13.9. The Hall–Kier alpha value is -3.42. The van der Waals surface area contributed by atoms with Crippen LogP contribution in [-0.2, 0) is 15.1 Å². The molecule has 1 fully saturated rings. The second kappa shape index (κ2) is 9.21. The predicted molar refractivity (Wildman–Crippen MR) is 127 cm³/mol. The number of ether oxygens (including phenoxy) is 2. The summed E-state index contributed by atoms with van der Waals surface area (Å²) >= 11 is 0. The number of carbonyl (C=O) groups excluding carboxylic acids is 1. The highest BCUT2D eigenvalue weighted by Gasteiger charge is 2.48. The van der Waals surface area contributed by atoms with Crippen molar-refractivity contribution < 1.29 is 14.3 Å². The van der Waals surface area contributed by atoms with Crippen LogP contribution < -0.4 is 20.7 Å². The van der Waals surface area contributed by atoms with E-state index in [-0.39, 0.29) is 5.91 Å². The number of aromatic nitrogens is 1. The zero-order valence-electron chi connectivity index (χ0n) is 18.4. The lowest BCUT2D eigenvalue weighted by Gasteiger charge is -2.35. The van der Waals surface area contributed by atoms with Gasteiger partial charge in [0.25, 0.3) is 5.91 Å². The number of pyridine rings is 1. The molecule has 1 amide bonds. The number of para-hydroxylation sites is 1. The molecule has 2 aliphatic rings. The van der Waals surface area contributed by atoms with Gasteiger partial charge in [-0.05, 0) is 55.3 Å². The zero-order chi connectivity index (χ0) is 22.7. The first-order valence-corrected chi connectivity index (χ1v) is 11.3. The van der Waals surface area contributed by atoms with Crippen molar-refractivity contribution in [3.63, 3.8) is 0 Å². The van der Waals surface area contributed by atoms with Crippen molar-refractivity contribution in [1.82, 2.24) is 10.3 Å². The monoisotopic (exact) mass is 444 g/mol. The van der Waals surface area contributed by atoms with E-state index in [4.69, 9.17) is 15.2 Å². The van der Waals surface area contributed by atoms with Crippen molar-refractivity contribution in [3.8, 4) is 5.75 Å². The molecule has 1 atom stereocenters. The van der Waals surface area contributed by atoms with E-state index in [1.807, 2.05) is 48.5 Å². The largest absolute Gasteiger partial charge is 0.492 e. The van der Waals surface area contributed by atoms with Gasteiger partial charge in [-0.2, -0.15) is 0 Å². The molecule has 2 aliphatic heterocycles. The number of nitrogens with zero attached hydrogens (tertiary/aromatic N) is 2. The van der Waals surface area contributed by atoms with E-state index in [1.54, 1.807) is 23.2 Å². The van der Waals surface area contributed by atoms with E-state index >= 15 is 0 Å². The van der Waals surface area contributed by atoms with Gasteiger partial charge in [-0.3, -0.25) is 9.69 Å². The molecule has 3 N–H and O–H groups in total. The van der Waals surface area contributed by atoms with Crippen LogP contribution in [0.15, 0.2) is 72.9 Å². The molecule has 0 bridgehead atoms. The first-order chi connectivity index (χ1) is 16.2. The fourth-order valence-electron chi connectivity index (χ4n) is 4.73. The number of nitrogens with one attached hydrogen (secondary N) is 1. The van der Waals surface area contributed by atoms with Crippen LogP contribution >= 0.6 is 0 Å². The van der Waals surface area contributed by atoms with Crippen molar-refractivity contribution in [3.05, 3.63) is 84.1 Å². The molecule has 7 nitrogen and oxygen atoms in total. The number of nitrogens with two attached hydrogens (primary N) is 1. The van der Waals surface area contributed by atoms with E-state index < -0.39 is 11.7 Å². The lowest BCUT2D eigenvalue weighted by Crippen LogP contribution is -2.42.